The minimum atomic E-state index is -0.383. The second-order valence-corrected chi connectivity index (χ2v) is 3.58. The molecule has 1 aliphatic rings. The molecule has 2 rings (SSSR count). The quantitative estimate of drug-likeness (QED) is 0.704. The summed E-state index contributed by atoms with van der Waals surface area (Å²) in [5, 5.41) is 12.7. The number of hydrogen-bond donors (Lipinski definition) is 2. The van der Waals surface area contributed by atoms with Gasteiger partial charge in [0.1, 0.15) is 0 Å². The number of nitrogens with zero attached hydrogens (tertiary/aromatic N) is 1. The summed E-state index contributed by atoms with van der Waals surface area (Å²) in [5.74, 6) is 0.0837. The highest BCUT2D eigenvalue weighted by atomic mass is 16.4. The highest BCUT2D eigenvalue weighted by Crippen LogP contribution is 2.13. The number of piperazine rings is 1. The van der Waals surface area contributed by atoms with Gasteiger partial charge in [-0.1, -0.05) is 0 Å². The summed E-state index contributed by atoms with van der Waals surface area (Å²) >= 11 is 0. The number of aromatic hydroxyl groups is 1. The normalized spacial score (nSPS) is 17.9. The highest BCUT2D eigenvalue weighted by molar-refractivity contribution is 5.22. The first-order valence-electron chi connectivity index (χ1n) is 5.00. The molecule has 0 bridgehead atoms. The van der Waals surface area contributed by atoms with Gasteiger partial charge in [0.05, 0.1) is 12.8 Å². The van der Waals surface area contributed by atoms with Gasteiger partial charge >= 0.3 is 0 Å². The summed E-state index contributed by atoms with van der Waals surface area (Å²) in [4.78, 5) is 13.3. The zero-order valence-corrected chi connectivity index (χ0v) is 8.40. The van der Waals surface area contributed by atoms with Gasteiger partial charge in [-0.3, -0.25) is 9.69 Å². The summed E-state index contributed by atoms with van der Waals surface area (Å²) < 4.78 is 5.13. The third-order valence-corrected chi connectivity index (χ3v) is 2.50. The monoisotopic (exact) mass is 210 g/mol. The highest BCUT2D eigenvalue weighted by Gasteiger charge is 2.14. The van der Waals surface area contributed by atoms with Crippen LogP contribution in [0.1, 0.15) is 5.76 Å². The van der Waals surface area contributed by atoms with Crippen molar-refractivity contribution in [3.05, 3.63) is 28.3 Å². The molecule has 1 saturated heterocycles. The van der Waals surface area contributed by atoms with Crippen LogP contribution in [-0.4, -0.2) is 36.2 Å². The van der Waals surface area contributed by atoms with Crippen LogP contribution in [0.4, 0.5) is 0 Å². The molecule has 2 heterocycles. The molecule has 0 amide bonds. The predicted octanol–water partition coefficient (Wildman–Crippen LogP) is -0.249. The van der Waals surface area contributed by atoms with Gasteiger partial charge in [-0.25, -0.2) is 0 Å². The topological polar surface area (TPSA) is 65.7 Å². The van der Waals surface area contributed by atoms with Crippen LogP contribution in [0.15, 0.2) is 21.5 Å². The van der Waals surface area contributed by atoms with Crippen LogP contribution in [-0.2, 0) is 6.54 Å². The molecule has 0 unspecified atom stereocenters. The molecule has 0 radical (unpaired) electrons. The van der Waals surface area contributed by atoms with E-state index < -0.39 is 0 Å². The molecular weight excluding hydrogens is 196 g/mol. The number of rotatable bonds is 2. The summed E-state index contributed by atoms with van der Waals surface area (Å²) in [6, 6.07) is 1.22. The van der Waals surface area contributed by atoms with E-state index in [9.17, 15) is 9.90 Å². The van der Waals surface area contributed by atoms with E-state index in [0.717, 1.165) is 26.2 Å². The largest absolute Gasteiger partial charge is 0.502 e. The molecule has 0 spiro atoms. The van der Waals surface area contributed by atoms with E-state index in [1.165, 1.54) is 12.3 Å². The Bertz CT molecular complexity index is 382. The van der Waals surface area contributed by atoms with Crippen molar-refractivity contribution in [3.8, 4) is 5.75 Å². The Kier molecular flexibility index (Phi) is 3.03. The average molecular weight is 210 g/mol. The molecule has 2 N–H and O–H groups in total. The van der Waals surface area contributed by atoms with E-state index in [0.29, 0.717) is 12.3 Å². The van der Waals surface area contributed by atoms with Crippen LogP contribution >= 0.6 is 0 Å². The Morgan fingerprint density at radius 3 is 2.93 bits per heavy atom. The fourth-order valence-corrected chi connectivity index (χ4v) is 1.63. The second-order valence-electron chi connectivity index (χ2n) is 3.58. The van der Waals surface area contributed by atoms with Crippen LogP contribution in [0, 0.1) is 0 Å². The molecule has 82 valence electrons. The lowest BCUT2D eigenvalue weighted by atomic mass is 10.3. The first kappa shape index (κ1) is 10.2. The van der Waals surface area contributed by atoms with Gasteiger partial charge < -0.3 is 14.8 Å². The third-order valence-electron chi connectivity index (χ3n) is 2.50. The Labute approximate surface area is 87.3 Å². The summed E-state index contributed by atoms with van der Waals surface area (Å²) in [6.07, 6.45) is 1.32. The maximum atomic E-state index is 11.1. The lowest BCUT2D eigenvalue weighted by Crippen LogP contribution is -2.42. The number of hydrogen-bond acceptors (Lipinski definition) is 5. The first-order chi connectivity index (χ1) is 7.27. The van der Waals surface area contributed by atoms with E-state index in [1.807, 2.05) is 0 Å². The Hall–Kier alpha value is -1.33. The predicted molar refractivity (Wildman–Crippen MR) is 54.8 cm³/mol. The third kappa shape index (κ3) is 2.37. The zero-order chi connectivity index (χ0) is 10.7. The second kappa shape index (κ2) is 4.46. The summed E-state index contributed by atoms with van der Waals surface area (Å²) in [7, 11) is 0. The van der Waals surface area contributed by atoms with Crippen molar-refractivity contribution >= 4 is 0 Å². The molecule has 0 aliphatic carbocycles. The molecular formula is C10H14N2O3. The van der Waals surface area contributed by atoms with E-state index in [1.54, 1.807) is 0 Å². The molecule has 0 atom stereocenters. The smallest absolute Gasteiger partial charge is 0.226 e. The van der Waals surface area contributed by atoms with Crippen molar-refractivity contribution in [2.75, 3.05) is 26.2 Å². The van der Waals surface area contributed by atoms with Gasteiger partial charge in [0.2, 0.25) is 11.2 Å². The van der Waals surface area contributed by atoms with Gasteiger partial charge in [-0.05, 0) is 0 Å². The molecule has 1 aliphatic heterocycles. The molecule has 1 fully saturated rings. The van der Waals surface area contributed by atoms with E-state index >= 15 is 0 Å². The van der Waals surface area contributed by atoms with Gasteiger partial charge in [0.15, 0.2) is 5.76 Å². The van der Waals surface area contributed by atoms with Crippen LogP contribution < -0.4 is 10.7 Å². The van der Waals surface area contributed by atoms with Gasteiger partial charge in [-0.2, -0.15) is 0 Å². The zero-order valence-electron chi connectivity index (χ0n) is 8.40. The van der Waals surface area contributed by atoms with Gasteiger partial charge in [0.25, 0.3) is 0 Å². The maximum Gasteiger partial charge on any atom is 0.226 e. The van der Waals surface area contributed by atoms with Crippen LogP contribution in [0.2, 0.25) is 0 Å². The molecule has 1 aromatic heterocycles. The minimum absolute atomic E-state index is 0.268. The molecule has 5 nitrogen and oxygen atoms in total. The van der Waals surface area contributed by atoms with Crippen molar-refractivity contribution in [2.24, 2.45) is 0 Å². The Balaban J connectivity index is 2.09. The fourth-order valence-electron chi connectivity index (χ4n) is 1.63. The molecule has 0 saturated carbocycles. The van der Waals surface area contributed by atoms with Gasteiger partial charge in [0, 0.05) is 32.2 Å². The van der Waals surface area contributed by atoms with Crippen LogP contribution in [0.5, 0.6) is 5.75 Å². The SMILES string of the molecule is O=c1ccoc(CN2CCNCC2)c1O. The van der Waals surface area contributed by atoms with E-state index in [-0.39, 0.29) is 11.2 Å². The van der Waals surface area contributed by atoms with E-state index in [4.69, 9.17) is 4.42 Å². The molecule has 15 heavy (non-hydrogen) atoms. The minimum Gasteiger partial charge on any atom is -0.502 e. The van der Waals surface area contributed by atoms with Gasteiger partial charge in [-0.15, -0.1) is 0 Å². The summed E-state index contributed by atoms with van der Waals surface area (Å²) in [5.41, 5.74) is -0.383. The molecule has 5 heteroatoms. The first-order valence-corrected chi connectivity index (χ1v) is 5.00. The molecule has 1 aromatic rings. The fraction of sp³-hybridized carbons (Fsp3) is 0.500. The average Bonchev–Trinajstić information content (AvgIpc) is 2.26. The lowest BCUT2D eigenvalue weighted by molar-refractivity contribution is 0.209. The van der Waals surface area contributed by atoms with Crippen LogP contribution in [0.3, 0.4) is 0 Å². The lowest BCUT2D eigenvalue weighted by Gasteiger charge is -2.26. The van der Waals surface area contributed by atoms with Crippen molar-refractivity contribution in [2.45, 2.75) is 6.54 Å². The van der Waals surface area contributed by atoms with Crippen molar-refractivity contribution < 1.29 is 9.52 Å². The van der Waals surface area contributed by atoms with Crippen molar-refractivity contribution in [3.63, 3.8) is 0 Å². The number of nitrogens with one attached hydrogen (secondary N) is 1. The van der Waals surface area contributed by atoms with Crippen molar-refractivity contribution in [1.82, 2.24) is 10.2 Å². The molecule has 0 aromatic carbocycles. The maximum absolute atomic E-state index is 11.1. The van der Waals surface area contributed by atoms with Crippen LogP contribution in [0.25, 0.3) is 0 Å². The van der Waals surface area contributed by atoms with Crippen molar-refractivity contribution in [1.29, 1.82) is 0 Å². The Morgan fingerprint density at radius 1 is 1.47 bits per heavy atom. The standard InChI is InChI=1S/C10H14N2O3/c13-8-1-6-15-9(10(8)14)7-12-4-2-11-3-5-12/h1,6,11,14H,2-5,7H2. The summed E-state index contributed by atoms with van der Waals surface area (Å²) in [6.45, 7) is 4.15. The Morgan fingerprint density at radius 2 is 2.20 bits per heavy atom. The van der Waals surface area contributed by atoms with E-state index in [2.05, 4.69) is 10.2 Å².